The van der Waals surface area contributed by atoms with E-state index in [9.17, 15) is 4.79 Å². The van der Waals surface area contributed by atoms with Crippen LogP contribution in [0.3, 0.4) is 0 Å². The number of carbonyl (C=O) groups is 1. The van der Waals surface area contributed by atoms with Crippen LogP contribution in [0, 0.1) is 0 Å². The van der Waals surface area contributed by atoms with E-state index in [0.717, 1.165) is 29.3 Å². The van der Waals surface area contributed by atoms with Gasteiger partial charge in [0, 0.05) is 44.6 Å². The maximum atomic E-state index is 12.2. The highest BCUT2D eigenvalue weighted by atomic mass is 16.1. The zero-order valence-electron chi connectivity index (χ0n) is 15.9. The number of hydrogen-bond acceptors (Lipinski definition) is 4. The minimum absolute atomic E-state index is 0.0767. The van der Waals surface area contributed by atoms with E-state index in [1.165, 1.54) is 12.8 Å². The summed E-state index contributed by atoms with van der Waals surface area (Å²) in [6.45, 7) is 2.02. The molecule has 1 atom stereocenters. The van der Waals surface area contributed by atoms with Gasteiger partial charge in [0.15, 0.2) is 0 Å². The van der Waals surface area contributed by atoms with Crippen LogP contribution in [-0.2, 0) is 11.2 Å². The van der Waals surface area contributed by atoms with E-state index >= 15 is 0 Å². The summed E-state index contributed by atoms with van der Waals surface area (Å²) in [5.41, 5.74) is 2.09. The Kier molecular flexibility index (Phi) is 5.86. The van der Waals surface area contributed by atoms with Crippen molar-refractivity contribution in [2.45, 2.75) is 51.0 Å². The highest BCUT2D eigenvalue weighted by molar-refractivity contribution is 5.76. The van der Waals surface area contributed by atoms with Crippen LogP contribution < -0.4 is 10.2 Å². The first-order valence-corrected chi connectivity index (χ1v) is 9.46. The number of carbonyl (C=O) groups excluding carboxylic acids is 1. The number of nitrogens with zero attached hydrogens (tertiary/aromatic N) is 3. The molecule has 138 valence electrons. The summed E-state index contributed by atoms with van der Waals surface area (Å²) >= 11 is 0. The third-order valence-electron chi connectivity index (χ3n) is 4.61. The molecule has 1 fully saturated rings. The Bertz CT molecular complexity index is 721. The molecule has 26 heavy (non-hydrogen) atoms. The molecule has 1 aliphatic rings. The number of anilines is 1. The fourth-order valence-electron chi connectivity index (χ4n) is 3.00. The van der Waals surface area contributed by atoms with Crippen LogP contribution in [0.2, 0.25) is 0 Å². The summed E-state index contributed by atoms with van der Waals surface area (Å²) in [5.74, 6) is 2.46. The molecule has 1 aliphatic carbocycles. The Labute approximate surface area is 155 Å². The lowest BCUT2D eigenvalue weighted by Crippen LogP contribution is -2.30. The Morgan fingerprint density at radius 3 is 2.58 bits per heavy atom. The smallest absolute Gasteiger partial charge is 0.220 e. The number of benzene rings is 1. The molecule has 0 saturated heterocycles. The lowest BCUT2D eigenvalue weighted by Gasteiger charge is -2.20. The van der Waals surface area contributed by atoms with Gasteiger partial charge in [-0.2, -0.15) is 0 Å². The Hall–Kier alpha value is -2.43. The number of nitrogens with one attached hydrogen (secondary N) is 1. The van der Waals surface area contributed by atoms with E-state index < -0.39 is 0 Å². The molecule has 0 radical (unpaired) electrons. The molecule has 1 aromatic carbocycles. The van der Waals surface area contributed by atoms with Crippen molar-refractivity contribution >= 4 is 11.7 Å². The predicted molar refractivity (Wildman–Crippen MR) is 104 cm³/mol. The van der Waals surface area contributed by atoms with Gasteiger partial charge in [0.05, 0.1) is 6.04 Å². The molecule has 0 bridgehead atoms. The second kappa shape index (κ2) is 8.30. The minimum Gasteiger partial charge on any atom is -0.363 e. The zero-order chi connectivity index (χ0) is 18.5. The third-order valence-corrected chi connectivity index (χ3v) is 4.61. The van der Waals surface area contributed by atoms with Gasteiger partial charge in [-0.25, -0.2) is 9.97 Å². The summed E-state index contributed by atoms with van der Waals surface area (Å²) in [5, 5.41) is 3.18. The second-order valence-corrected chi connectivity index (χ2v) is 7.23. The number of aromatic nitrogens is 2. The highest BCUT2D eigenvalue weighted by Gasteiger charge is 2.28. The van der Waals surface area contributed by atoms with Gasteiger partial charge in [0.2, 0.25) is 5.91 Å². The largest absolute Gasteiger partial charge is 0.363 e. The summed E-state index contributed by atoms with van der Waals surface area (Å²) in [6.07, 6.45) is 4.40. The lowest BCUT2D eigenvalue weighted by atomic mass is 10.0. The molecule has 0 unspecified atom stereocenters. The number of hydrogen-bond donors (Lipinski definition) is 1. The minimum atomic E-state index is -0.0767. The van der Waals surface area contributed by atoms with Crippen LogP contribution in [0.1, 0.15) is 61.6 Å². The van der Waals surface area contributed by atoms with Gasteiger partial charge in [-0.3, -0.25) is 4.79 Å². The maximum absolute atomic E-state index is 12.2. The summed E-state index contributed by atoms with van der Waals surface area (Å²) < 4.78 is 0. The van der Waals surface area contributed by atoms with Gasteiger partial charge >= 0.3 is 0 Å². The van der Waals surface area contributed by atoms with Crippen molar-refractivity contribution in [3.05, 3.63) is 53.5 Å². The molecule has 2 aromatic rings. The van der Waals surface area contributed by atoms with Crippen LogP contribution >= 0.6 is 0 Å². The van der Waals surface area contributed by atoms with Gasteiger partial charge in [0.1, 0.15) is 11.6 Å². The van der Waals surface area contributed by atoms with Crippen molar-refractivity contribution in [1.29, 1.82) is 0 Å². The fraction of sp³-hybridized carbons (Fsp3) is 0.476. The van der Waals surface area contributed by atoms with Gasteiger partial charge < -0.3 is 10.2 Å². The van der Waals surface area contributed by atoms with E-state index in [-0.39, 0.29) is 11.9 Å². The second-order valence-electron chi connectivity index (χ2n) is 7.23. The topological polar surface area (TPSA) is 58.1 Å². The molecule has 1 N–H and O–H groups in total. The van der Waals surface area contributed by atoms with Crippen molar-refractivity contribution in [3.8, 4) is 0 Å². The summed E-state index contributed by atoms with van der Waals surface area (Å²) in [6, 6.07) is 12.1. The van der Waals surface area contributed by atoms with E-state index in [1.807, 2.05) is 50.2 Å². The first kappa shape index (κ1) is 18.4. The number of rotatable bonds is 8. The van der Waals surface area contributed by atoms with Crippen LogP contribution in [0.5, 0.6) is 0 Å². The number of amides is 1. The van der Waals surface area contributed by atoms with E-state index in [1.54, 1.807) is 0 Å². The summed E-state index contributed by atoms with van der Waals surface area (Å²) in [7, 11) is 4.00. The van der Waals surface area contributed by atoms with Gasteiger partial charge in [-0.15, -0.1) is 0 Å². The molecule has 1 aromatic heterocycles. The molecular formula is C21H28N4O. The standard InChI is InChI=1S/C21H28N4O/c1-4-8-20(26)23-18(15-9-6-5-7-10-15)13-17-14-19(25(2)3)24-21(22-17)16-11-12-16/h5-7,9-10,14,16,18H,4,8,11-13H2,1-3H3,(H,23,26)/t18-/m1/s1. The van der Waals surface area contributed by atoms with Crippen LogP contribution in [-0.4, -0.2) is 30.0 Å². The molecule has 5 nitrogen and oxygen atoms in total. The first-order chi connectivity index (χ1) is 12.6. The quantitative estimate of drug-likeness (QED) is 0.788. The molecule has 0 aliphatic heterocycles. The molecule has 1 saturated carbocycles. The monoisotopic (exact) mass is 352 g/mol. The highest BCUT2D eigenvalue weighted by Crippen LogP contribution is 2.38. The zero-order valence-corrected chi connectivity index (χ0v) is 15.9. The van der Waals surface area contributed by atoms with Crippen LogP contribution in [0.4, 0.5) is 5.82 Å². The Morgan fingerprint density at radius 1 is 1.23 bits per heavy atom. The lowest BCUT2D eigenvalue weighted by molar-refractivity contribution is -0.121. The van der Waals surface area contributed by atoms with E-state index in [2.05, 4.69) is 17.4 Å². The molecule has 1 amide bonds. The van der Waals surface area contributed by atoms with Crippen LogP contribution in [0.15, 0.2) is 36.4 Å². The van der Waals surface area contributed by atoms with Gasteiger partial charge in [0.25, 0.3) is 0 Å². The Morgan fingerprint density at radius 2 is 1.96 bits per heavy atom. The Balaban J connectivity index is 1.87. The molecule has 3 rings (SSSR count). The fourth-order valence-corrected chi connectivity index (χ4v) is 3.00. The summed E-state index contributed by atoms with van der Waals surface area (Å²) in [4.78, 5) is 23.7. The molecule has 5 heteroatoms. The van der Waals surface area contributed by atoms with Crippen molar-refractivity contribution in [2.24, 2.45) is 0 Å². The third kappa shape index (κ3) is 4.81. The van der Waals surface area contributed by atoms with Crippen molar-refractivity contribution in [1.82, 2.24) is 15.3 Å². The molecule has 0 spiro atoms. The molecule has 1 heterocycles. The van der Waals surface area contributed by atoms with Gasteiger partial charge in [-0.1, -0.05) is 37.3 Å². The average Bonchev–Trinajstić information content (AvgIpc) is 3.47. The van der Waals surface area contributed by atoms with Crippen LogP contribution in [0.25, 0.3) is 0 Å². The predicted octanol–water partition coefficient (Wildman–Crippen LogP) is 3.62. The maximum Gasteiger partial charge on any atom is 0.220 e. The normalized spacial score (nSPS) is 14.7. The average molecular weight is 352 g/mol. The van der Waals surface area contributed by atoms with E-state index in [4.69, 9.17) is 9.97 Å². The van der Waals surface area contributed by atoms with Crippen molar-refractivity contribution in [3.63, 3.8) is 0 Å². The van der Waals surface area contributed by atoms with Gasteiger partial charge in [-0.05, 0) is 24.8 Å². The first-order valence-electron chi connectivity index (χ1n) is 9.46. The molecular weight excluding hydrogens is 324 g/mol. The van der Waals surface area contributed by atoms with Crippen molar-refractivity contribution in [2.75, 3.05) is 19.0 Å². The van der Waals surface area contributed by atoms with E-state index in [0.29, 0.717) is 18.8 Å². The van der Waals surface area contributed by atoms with Crippen molar-refractivity contribution < 1.29 is 4.79 Å². The SMILES string of the molecule is CCCC(=O)N[C@H](Cc1cc(N(C)C)nc(C2CC2)n1)c1ccccc1.